The highest BCUT2D eigenvalue weighted by Gasteiger charge is 2.34. The highest BCUT2D eigenvalue weighted by atomic mass is 127. The van der Waals surface area contributed by atoms with Crippen LogP contribution in [0.1, 0.15) is 24.6 Å². The lowest BCUT2D eigenvalue weighted by atomic mass is 9.89. The third-order valence-electron chi connectivity index (χ3n) is 4.49. The Labute approximate surface area is 167 Å². The van der Waals surface area contributed by atoms with E-state index in [1.54, 1.807) is 11.3 Å². The molecular weight excluding hydrogens is 435 g/mol. The summed E-state index contributed by atoms with van der Waals surface area (Å²) in [5.41, 5.74) is 0.119. The molecule has 0 aliphatic carbocycles. The van der Waals surface area contributed by atoms with Crippen LogP contribution < -0.4 is 10.6 Å². The van der Waals surface area contributed by atoms with Gasteiger partial charge in [-0.15, -0.1) is 35.3 Å². The van der Waals surface area contributed by atoms with Crippen molar-refractivity contribution in [1.82, 2.24) is 15.5 Å². The van der Waals surface area contributed by atoms with Crippen molar-refractivity contribution in [3.63, 3.8) is 0 Å². The number of halogens is 1. The van der Waals surface area contributed by atoms with Crippen LogP contribution in [-0.4, -0.2) is 63.3 Å². The van der Waals surface area contributed by atoms with Gasteiger partial charge in [-0.25, -0.2) is 0 Å². The molecule has 2 N–H and O–H groups in total. The van der Waals surface area contributed by atoms with Crippen molar-refractivity contribution in [2.24, 2.45) is 4.99 Å². The third-order valence-corrected chi connectivity index (χ3v) is 5.43. The molecule has 138 valence electrons. The van der Waals surface area contributed by atoms with Crippen molar-refractivity contribution in [1.29, 1.82) is 0 Å². The fraction of sp³-hybridized carbons (Fsp3) is 0.706. The van der Waals surface area contributed by atoms with Gasteiger partial charge in [0.25, 0.3) is 0 Å². The zero-order valence-electron chi connectivity index (χ0n) is 15.0. The SMILES string of the molecule is CCNC(=NCC1(N(C)C)CCOCC1)NCCc1cccs1.I. The Balaban J connectivity index is 0.00000288. The second kappa shape index (κ2) is 11.3. The topological polar surface area (TPSA) is 48.9 Å². The number of rotatable bonds is 7. The monoisotopic (exact) mass is 466 g/mol. The molecule has 2 rings (SSSR count). The molecule has 1 aliphatic heterocycles. The maximum atomic E-state index is 5.53. The van der Waals surface area contributed by atoms with Gasteiger partial charge in [-0.1, -0.05) is 6.07 Å². The van der Waals surface area contributed by atoms with Crippen molar-refractivity contribution < 1.29 is 4.74 Å². The summed E-state index contributed by atoms with van der Waals surface area (Å²) in [5, 5.41) is 8.93. The van der Waals surface area contributed by atoms with Gasteiger partial charge >= 0.3 is 0 Å². The quantitative estimate of drug-likeness (QED) is 0.369. The van der Waals surface area contributed by atoms with E-state index in [-0.39, 0.29) is 29.5 Å². The molecule has 0 unspecified atom stereocenters. The van der Waals surface area contributed by atoms with E-state index in [0.717, 1.165) is 58.1 Å². The number of guanidine groups is 1. The third kappa shape index (κ3) is 6.50. The minimum absolute atomic E-state index is 0. The van der Waals surface area contributed by atoms with E-state index >= 15 is 0 Å². The molecule has 1 aromatic heterocycles. The lowest BCUT2D eigenvalue weighted by Gasteiger charge is -2.41. The first kappa shape index (κ1) is 21.7. The first-order chi connectivity index (χ1) is 11.2. The van der Waals surface area contributed by atoms with Gasteiger partial charge in [0.2, 0.25) is 0 Å². The predicted molar refractivity (Wildman–Crippen MR) is 114 cm³/mol. The predicted octanol–water partition coefficient (Wildman–Crippen LogP) is 2.57. The summed E-state index contributed by atoms with van der Waals surface area (Å²) < 4.78 is 5.53. The molecule has 0 atom stereocenters. The normalized spacial score (nSPS) is 17.4. The highest BCUT2D eigenvalue weighted by molar-refractivity contribution is 14.0. The van der Waals surface area contributed by atoms with Crippen molar-refractivity contribution >= 4 is 41.3 Å². The fourth-order valence-electron chi connectivity index (χ4n) is 2.83. The first-order valence-electron chi connectivity index (χ1n) is 8.46. The Morgan fingerprint density at radius 2 is 2.08 bits per heavy atom. The van der Waals surface area contributed by atoms with E-state index in [1.165, 1.54) is 4.88 Å². The minimum Gasteiger partial charge on any atom is -0.381 e. The van der Waals surface area contributed by atoms with E-state index in [2.05, 4.69) is 54.1 Å². The molecule has 2 heterocycles. The molecule has 1 fully saturated rings. The Bertz CT molecular complexity index is 473. The van der Waals surface area contributed by atoms with Crippen molar-refractivity contribution in [3.05, 3.63) is 22.4 Å². The molecule has 5 nitrogen and oxygen atoms in total. The zero-order valence-corrected chi connectivity index (χ0v) is 18.2. The lowest BCUT2D eigenvalue weighted by molar-refractivity contribution is -0.00254. The molecule has 1 aliphatic rings. The van der Waals surface area contributed by atoms with Crippen molar-refractivity contribution in [2.45, 2.75) is 31.7 Å². The average Bonchev–Trinajstić information content (AvgIpc) is 3.07. The first-order valence-corrected chi connectivity index (χ1v) is 9.34. The van der Waals surface area contributed by atoms with E-state index in [4.69, 9.17) is 9.73 Å². The number of nitrogens with zero attached hydrogens (tertiary/aromatic N) is 2. The van der Waals surface area contributed by atoms with Gasteiger partial charge in [-0.2, -0.15) is 0 Å². The summed E-state index contributed by atoms with van der Waals surface area (Å²) in [5.74, 6) is 0.914. The van der Waals surface area contributed by atoms with E-state index in [9.17, 15) is 0 Å². The summed E-state index contributed by atoms with van der Waals surface area (Å²) in [6.07, 6.45) is 3.12. The van der Waals surface area contributed by atoms with Gasteiger partial charge in [-0.05, 0) is 51.7 Å². The number of hydrogen-bond donors (Lipinski definition) is 2. The molecule has 7 heteroatoms. The number of nitrogens with one attached hydrogen (secondary N) is 2. The summed E-state index contributed by atoms with van der Waals surface area (Å²) in [6, 6.07) is 4.28. The molecule has 1 aromatic rings. The second-order valence-electron chi connectivity index (χ2n) is 6.18. The molecule has 0 spiro atoms. The van der Waals surface area contributed by atoms with Crippen LogP contribution in [0.5, 0.6) is 0 Å². The van der Waals surface area contributed by atoms with Gasteiger partial charge in [0.05, 0.1) is 6.54 Å². The van der Waals surface area contributed by atoms with Crippen LogP contribution in [0.15, 0.2) is 22.5 Å². The lowest BCUT2D eigenvalue weighted by Crippen LogP contribution is -2.51. The molecule has 0 aromatic carbocycles. The van der Waals surface area contributed by atoms with Crippen LogP contribution in [0.4, 0.5) is 0 Å². The summed E-state index contributed by atoms with van der Waals surface area (Å²) in [7, 11) is 4.30. The van der Waals surface area contributed by atoms with Gasteiger partial charge in [0, 0.05) is 36.7 Å². The van der Waals surface area contributed by atoms with E-state index in [0.29, 0.717) is 0 Å². The van der Waals surface area contributed by atoms with Crippen LogP contribution in [-0.2, 0) is 11.2 Å². The van der Waals surface area contributed by atoms with Crippen LogP contribution >= 0.6 is 35.3 Å². The average molecular weight is 466 g/mol. The van der Waals surface area contributed by atoms with Crippen molar-refractivity contribution in [2.75, 3.05) is 46.9 Å². The second-order valence-corrected chi connectivity index (χ2v) is 7.21. The zero-order chi connectivity index (χ0) is 16.5. The Morgan fingerprint density at radius 1 is 1.33 bits per heavy atom. The number of hydrogen-bond acceptors (Lipinski definition) is 4. The van der Waals surface area contributed by atoms with Crippen molar-refractivity contribution in [3.8, 4) is 0 Å². The molecule has 0 radical (unpaired) electrons. The van der Waals surface area contributed by atoms with Gasteiger partial charge in [-0.3, -0.25) is 4.99 Å². The number of thiophene rings is 1. The highest BCUT2D eigenvalue weighted by Crippen LogP contribution is 2.26. The Hall–Kier alpha value is -0.380. The summed E-state index contributed by atoms with van der Waals surface area (Å²) in [4.78, 5) is 8.57. The maximum Gasteiger partial charge on any atom is 0.191 e. The molecule has 1 saturated heterocycles. The van der Waals surface area contributed by atoms with E-state index < -0.39 is 0 Å². The van der Waals surface area contributed by atoms with E-state index in [1.807, 2.05) is 0 Å². The Morgan fingerprint density at radius 3 is 2.67 bits per heavy atom. The van der Waals surface area contributed by atoms with Gasteiger partial charge in [0.15, 0.2) is 5.96 Å². The standard InChI is InChI=1S/C17H30N4OS.HI/c1-4-18-16(19-10-7-15-6-5-13-23-15)20-14-17(21(2)3)8-11-22-12-9-17;/h5-6,13H,4,7-12,14H2,1-3H3,(H2,18,19,20);1H. The summed E-state index contributed by atoms with van der Waals surface area (Å²) in [6.45, 7) is 6.35. The Kier molecular flexibility index (Phi) is 10.2. The summed E-state index contributed by atoms with van der Waals surface area (Å²) >= 11 is 1.81. The smallest absolute Gasteiger partial charge is 0.191 e. The fourth-order valence-corrected chi connectivity index (χ4v) is 3.53. The van der Waals surface area contributed by atoms with Gasteiger partial charge < -0.3 is 20.3 Å². The number of aliphatic imine (C=N–C) groups is 1. The molecule has 24 heavy (non-hydrogen) atoms. The van der Waals surface area contributed by atoms with Crippen LogP contribution in [0.3, 0.4) is 0 Å². The van der Waals surface area contributed by atoms with Crippen LogP contribution in [0.2, 0.25) is 0 Å². The molecular formula is C17H31IN4OS. The minimum atomic E-state index is 0. The molecule has 0 amide bonds. The number of likely N-dealkylation sites (N-methyl/N-ethyl adjacent to an activating group) is 1. The van der Waals surface area contributed by atoms with Crippen LogP contribution in [0, 0.1) is 0 Å². The number of ether oxygens (including phenoxy) is 1. The molecule has 0 bridgehead atoms. The molecule has 0 saturated carbocycles. The largest absolute Gasteiger partial charge is 0.381 e. The van der Waals surface area contributed by atoms with Crippen LogP contribution in [0.25, 0.3) is 0 Å². The maximum absolute atomic E-state index is 5.53. The van der Waals surface area contributed by atoms with Gasteiger partial charge in [0.1, 0.15) is 0 Å².